The fourth-order valence-corrected chi connectivity index (χ4v) is 2.81. The highest BCUT2D eigenvalue weighted by Crippen LogP contribution is 2.30. The molecule has 0 aliphatic rings. The van der Waals surface area contributed by atoms with Crippen LogP contribution in [0.2, 0.25) is 0 Å². The van der Waals surface area contributed by atoms with Crippen molar-refractivity contribution in [3.63, 3.8) is 0 Å². The van der Waals surface area contributed by atoms with Crippen LogP contribution >= 0.6 is 15.9 Å². The van der Waals surface area contributed by atoms with E-state index in [1.807, 2.05) is 0 Å². The lowest BCUT2D eigenvalue weighted by molar-refractivity contribution is -0.384. The lowest BCUT2D eigenvalue weighted by atomic mass is 10.2. The maximum atomic E-state index is 11.5. The zero-order chi connectivity index (χ0) is 15.9. The normalized spacial score (nSPS) is 11.6. The molecule has 0 spiro atoms. The summed E-state index contributed by atoms with van der Waals surface area (Å²) in [5, 5.41) is 15.5. The first-order valence-electron chi connectivity index (χ1n) is 5.83. The average molecular weight is 374 g/mol. The van der Waals surface area contributed by atoms with Crippen LogP contribution < -0.4 is 0 Å². The second-order valence-corrected chi connectivity index (χ2v) is 7.39. The third-order valence-electron chi connectivity index (χ3n) is 3.00. The van der Waals surface area contributed by atoms with E-state index < -0.39 is 14.8 Å². The molecule has 0 N–H and O–H groups in total. The summed E-state index contributed by atoms with van der Waals surface area (Å²) < 4.78 is 25.2. The Hall–Kier alpha value is -1.74. The molecular weight excluding hydrogens is 362 g/mol. The highest BCUT2D eigenvalue weighted by Gasteiger charge is 2.22. The highest BCUT2D eigenvalue weighted by molar-refractivity contribution is 9.10. The van der Waals surface area contributed by atoms with Gasteiger partial charge < -0.3 is 0 Å². The first-order valence-corrected chi connectivity index (χ1v) is 8.52. The molecule has 0 radical (unpaired) electrons. The maximum Gasteiger partial charge on any atom is 0.296 e. The summed E-state index contributed by atoms with van der Waals surface area (Å²) in [6.45, 7) is 3.53. The predicted octanol–water partition coefficient (Wildman–Crippen LogP) is 2.56. The molecule has 0 atom stereocenters. The minimum Gasteiger partial charge on any atom is -0.258 e. The van der Waals surface area contributed by atoms with Gasteiger partial charge in [-0.15, -0.1) is 0 Å². The molecule has 2 aromatic rings. The molecule has 0 bridgehead atoms. The Bertz CT molecular complexity index is 842. The third kappa shape index (κ3) is 2.84. The van der Waals surface area contributed by atoms with Gasteiger partial charge in [0.15, 0.2) is 9.84 Å². The zero-order valence-corrected chi connectivity index (χ0v) is 13.9. The highest BCUT2D eigenvalue weighted by atomic mass is 79.9. The van der Waals surface area contributed by atoms with Crippen molar-refractivity contribution in [3.05, 3.63) is 44.2 Å². The number of benzene rings is 1. The Kier molecular flexibility index (Phi) is 3.89. The smallest absolute Gasteiger partial charge is 0.258 e. The Morgan fingerprint density at radius 3 is 2.38 bits per heavy atom. The monoisotopic (exact) mass is 373 g/mol. The quantitative estimate of drug-likeness (QED) is 0.608. The summed E-state index contributed by atoms with van der Waals surface area (Å²) in [6.07, 6.45) is 1.01. The van der Waals surface area contributed by atoms with Gasteiger partial charge in [-0.2, -0.15) is 5.10 Å². The summed E-state index contributed by atoms with van der Waals surface area (Å²) in [5.74, 6) is 0. The molecule has 1 heterocycles. The van der Waals surface area contributed by atoms with Gasteiger partial charge in [0.25, 0.3) is 5.69 Å². The minimum atomic E-state index is -3.51. The van der Waals surface area contributed by atoms with Crippen molar-refractivity contribution < 1.29 is 13.3 Å². The molecule has 0 amide bonds. The van der Waals surface area contributed by atoms with Crippen molar-refractivity contribution in [2.75, 3.05) is 6.26 Å². The van der Waals surface area contributed by atoms with E-state index in [4.69, 9.17) is 0 Å². The Labute approximate surface area is 129 Å². The van der Waals surface area contributed by atoms with Gasteiger partial charge in [0.1, 0.15) is 5.69 Å². The summed E-state index contributed by atoms with van der Waals surface area (Å²) in [7, 11) is -3.51. The molecule has 0 aliphatic heterocycles. The number of aromatic nitrogens is 2. The molecule has 1 aromatic heterocycles. The fraction of sp³-hybridized carbons (Fsp3) is 0.250. The number of nitro benzene ring substituents is 1. The lowest BCUT2D eigenvalue weighted by Gasteiger charge is -2.07. The SMILES string of the molecule is Cc1nn(-c2ccc(S(C)(=O)=O)cc2[N+](=O)[O-])c(C)c1Br. The molecule has 21 heavy (non-hydrogen) atoms. The van der Waals surface area contributed by atoms with E-state index in [0.717, 1.165) is 16.8 Å². The Morgan fingerprint density at radius 1 is 1.33 bits per heavy atom. The van der Waals surface area contributed by atoms with Gasteiger partial charge in [-0.3, -0.25) is 10.1 Å². The first kappa shape index (κ1) is 15.6. The van der Waals surface area contributed by atoms with Crippen LogP contribution in [0.25, 0.3) is 5.69 Å². The van der Waals surface area contributed by atoms with Crippen LogP contribution in [0.4, 0.5) is 5.69 Å². The second-order valence-electron chi connectivity index (χ2n) is 4.58. The molecular formula is C12H12BrN3O4S. The number of hydrogen-bond donors (Lipinski definition) is 0. The van der Waals surface area contributed by atoms with E-state index in [2.05, 4.69) is 21.0 Å². The Morgan fingerprint density at radius 2 is 1.95 bits per heavy atom. The molecule has 0 unspecified atom stereocenters. The van der Waals surface area contributed by atoms with Crippen LogP contribution in [-0.4, -0.2) is 29.4 Å². The van der Waals surface area contributed by atoms with E-state index in [0.29, 0.717) is 11.4 Å². The van der Waals surface area contributed by atoms with E-state index >= 15 is 0 Å². The van der Waals surface area contributed by atoms with Crippen LogP contribution in [0.3, 0.4) is 0 Å². The average Bonchev–Trinajstić information content (AvgIpc) is 2.64. The molecule has 7 nitrogen and oxygen atoms in total. The van der Waals surface area contributed by atoms with Crippen LogP contribution in [-0.2, 0) is 9.84 Å². The number of nitrogens with zero attached hydrogens (tertiary/aromatic N) is 3. The number of aryl methyl sites for hydroxylation is 1. The second kappa shape index (κ2) is 5.23. The minimum absolute atomic E-state index is 0.0986. The molecule has 0 saturated carbocycles. The summed E-state index contributed by atoms with van der Waals surface area (Å²) in [5.41, 5.74) is 1.30. The number of rotatable bonds is 3. The summed E-state index contributed by atoms with van der Waals surface area (Å²) in [4.78, 5) is 10.5. The van der Waals surface area contributed by atoms with Gasteiger partial charge in [0.2, 0.25) is 0 Å². The zero-order valence-electron chi connectivity index (χ0n) is 11.5. The van der Waals surface area contributed by atoms with Crippen LogP contribution in [0.1, 0.15) is 11.4 Å². The van der Waals surface area contributed by atoms with Gasteiger partial charge in [-0.25, -0.2) is 13.1 Å². The molecule has 1 aromatic carbocycles. The van der Waals surface area contributed by atoms with Crippen molar-refractivity contribution in [1.29, 1.82) is 0 Å². The number of halogens is 1. The number of nitro groups is 1. The fourth-order valence-electron chi connectivity index (χ4n) is 1.92. The van der Waals surface area contributed by atoms with Crippen molar-refractivity contribution >= 4 is 31.5 Å². The summed E-state index contributed by atoms with van der Waals surface area (Å²) >= 11 is 3.36. The number of hydrogen-bond acceptors (Lipinski definition) is 5. The van der Waals surface area contributed by atoms with Crippen LogP contribution in [0.15, 0.2) is 27.6 Å². The molecule has 0 aliphatic carbocycles. The van der Waals surface area contributed by atoms with Gasteiger partial charge in [0, 0.05) is 12.3 Å². The lowest BCUT2D eigenvalue weighted by Crippen LogP contribution is -2.06. The van der Waals surface area contributed by atoms with Crippen molar-refractivity contribution in [1.82, 2.24) is 9.78 Å². The van der Waals surface area contributed by atoms with Crippen molar-refractivity contribution in [3.8, 4) is 5.69 Å². The van der Waals surface area contributed by atoms with Crippen LogP contribution in [0, 0.1) is 24.0 Å². The summed E-state index contributed by atoms with van der Waals surface area (Å²) in [6, 6.07) is 3.78. The first-order chi connectivity index (χ1) is 9.62. The topological polar surface area (TPSA) is 95.1 Å². The Balaban J connectivity index is 2.75. The van der Waals surface area contributed by atoms with E-state index in [1.54, 1.807) is 13.8 Å². The molecule has 112 valence electrons. The molecule has 0 fully saturated rings. The molecule has 2 rings (SSSR count). The van der Waals surface area contributed by atoms with E-state index in [-0.39, 0.29) is 16.3 Å². The molecule has 0 saturated heterocycles. The van der Waals surface area contributed by atoms with Gasteiger partial charge in [-0.1, -0.05) is 0 Å². The van der Waals surface area contributed by atoms with E-state index in [9.17, 15) is 18.5 Å². The molecule has 9 heteroatoms. The van der Waals surface area contributed by atoms with Crippen molar-refractivity contribution in [2.24, 2.45) is 0 Å². The standard InChI is InChI=1S/C12H12BrN3O4S/c1-7-12(13)8(2)15(14-7)10-5-4-9(21(3,19)20)6-11(10)16(17)18/h4-6H,1-3H3. The van der Waals surface area contributed by atoms with Crippen molar-refractivity contribution in [2.45, 2.75) is 18.7 Å². The third-order valence-corrected chi connectivity index (χ3v) is 5.26. The van der Waals surface area contributed by atoms with Gasteiger partial charge in [-0.05, 0) is 41.9 Å². The number of sulfone groups is 1. The van der Waals surface area contributed by atoms with Crippen LogP contribution in [0.5, 0.6) is 0 Å². The largest absolute Gasteiger partial charge is 0.296 e. The van der Waals surface area contributed by atoms with Gasteiger partial charge >= 0.3 is 0 Å². The van der Waals surface area contributed by atoms with Gasteiger partial charge in [0.05, 0.1) is 25.7 Å². The predicted molar refractivity (Wildman–Crippen MR) is 80.5 cm³/mol. The van der Waals surface area contributed by atoms with E-state index in [1.165, 1.54) is 16.8 Å². The maximum absolute atomic E-state index is 11.5.